The molecule has 3 N–H and O–H groups in total. The van der Waals surface area contributed by atoms with E-state index < -0.39 is 11.6 Å². The monoisotopic (exact) mass is 392 g/mol. The Morgan fingerprint density at radius 3 is 2.71 bits per heavy atom. The lowest BCUT2D eigenvalue weighted by Crippen LogP contribution is -2.10. The minimum absolute atomic E-state index is 0.0959. The number of anilines is 2. The van der Waals surface area contributed by atoms with Crippen LogP contribution in [0.5, 0.6) is 0 Å². The maximum atomic E-state index is 13.9. The number of unbranched alkanes of at least 4 members (excludes halogenated alkanes) is 1. The second-order valence-electron chi connectivity index (χ2n) is 4.94. The molecule has 24 heavy (non-hydrogen) atoms. The Bertz CT molecular complexity index is 731. The van der Waals surface area contributed by atoms with Crippen LogP contribution in [0.15, 0.2) is 17.3 Å². The van der Waals surface area contributed by atoms with Crippen molar-refractivity contribution in [3.63, 3.8) is 0 Å². The molecule has 1 aromatic carbocycles. The first-order chi connectivity index (χ1) is 11.4. The average Bonchev–Trinajstić information content (AvgIpc) is 2.55. The van der Waals surface area contributed by atoms with Gasteiger partial charge in [-0.05, 0) is 18.6 Å². The van der Waals surface area contributed by atoms with Gasteiger partial charge < -0.3 is 11.1 Å². The number of nitrogens with two attached hydrogens (primary N) is 1. The molecule has 0 saturated heterocycles. The van der Waals surface area contributed by atoms with Crippen LogP contribution in [0.3, 0.4) is 0 Å². The smallest absolute Gasteiger partial charge is 0.191 e. The average molecular weight is 393 g/mol. The number of hydrogen-bond acceptors (Lipinski definition) is 5. The predicted octanol–water partition coefficient (Wildman–Crippen LogP) is 5.15. The van der Waals surface area contributed by atoms with Crippen LogP contribution in [0.2, 0.25) is 10.2 Å². The van der Waals surface area contributed by atoms with Gasteiger partial charge in [0.25, 0.3) is 0 Å². The molecule has 0 spiro atoms. The number of nitrogen functional groups attached to an aromatic ring is 1. The van der Waals surface area contributed by atoms with E-state index in [2.05, 4.69) is 22.2 Å². The van der Waals surface area contributed by atoms with Crippen molar-refractivity contribution >= 4 is 46.5 Å². The molecule has 0 saturated carbocycles. The van der Waals surface area contributed by atoms with Gasteiger partial charge in [0.2, 0.25) is 0 Å². The number of thioether (sulfide) groups is 1. The Kier molecular flexibility index (Phi) is 6.89. The zero-order valence-electron chi connectivity index (χ0n) is 12.9. The molecule has 130 valence electrons. The highest BCUT2D eigenvalue weighted by molar-refractivity contribution is 7.99. The fourth-order valence-corrected chi connectivity index (χ4v) is 3.16. The van der Waals surface area contributed by atoms with Gasteiger partial charge in [-0.1, -0.05) is 48.3 Å². The summed E-state index contributed by atoms with van der Waals surface area (Å²) < 4.78 is 27.7. The summed E-state index contributed by atoms with van der Waals surface area (Å²) in [5.41, 5.74) is 5.76. The summed E-state index contributed by atoms with van der Waals surface area (Å²) >= 11 is 13.1. The highest BCUT2D eigenvalue weighted by atomic mass is 35.5. The summed E-state index contributed by atoms with van der Waals surface area (Å²) in [4.78, 5) is 8.35. The minimum Gasteiger partial charge on any atom is -0.393 e. The highest BCUT2D eigenvalue weighted by Gasteiger charge is 2.15. The second kappa shape index (κ2) is 8.69. The fraction of sp³-hybridized carbons (Fsp3) is 0.333. The number of rotatable bonds is 7. The van der Waals surface area contributed by atoms with Gasteiger partial charge in [0.15, 0.2) is 16.1 Å². The Labute approximate surface area is 153 Å². The van der Waals surface area contributed by atoms with Crippen LogP contribution in [0.4, 0.5) is 20.3 Å². The van der Waals surface area contributed by atoms with E-state index in [9.17, 15) is 8.78 Å². The lowest BCUT2D eigenvalue weighted by Gasteiger charge is -2.12. The molecule has 0 atom stereocenters. The Morgan fingerprint density at radius 2 is 2.00 bits per heavy atom. The summed E-state index contributed by atoms with van der Waals surface area (Å²) in [7, 11) is 0. The standard InChI is InChI=1S/C15H16Cl2F2N4S/c1-2-3-6-24-15-22-13(17)12(20)14(23-15)21-7-8-10(18)5-4-9(16)11(8)19/h4-5H,2-3,6-7,20H2,1H3,(H,21,22,23). The van der Waals surface area contributed by atoms with Crippen molar-refractivity contribution < 1.29 is 8.78 Å². The van der Waals surface area contributed by atoms with Crippen molar-refractivity contribution in [2.24, 2.45) is 0 Å². The van der Waals surface area contributed by atoms with Crippen LogP contribution in [0.1, 0.15) is 25.3 Å². The van der Waals surface area contributed by atoms with Crippen molar-refractivity contribution in [1.82, 2.24) is 9.97 Å². The highest BCUT2D eigenvalue weighted by Crippen LogP contribution is 2.29. The quantitative estimate of drug-likeness (QED) is 0.224. The van der Waals surface area contributed by atoms with Gasteiger partial charge in [-0.25, -0.2) is 18.7 Å². The molecule has 0 aliphatic carbocycles. The zero-order chi connectivity index (χ0) is 17.7. The Morgan fingerprint density at radius 1 is 1.25 bits per heavy atom. The molecule has 0 fully saturated rings. The molecule has 1 aromatic heterocycles. The maximum absolute atomic E-state index is 13.9. The second-order valence-corrected chi connectivity index (χ2v) is 6.76. The largest absolute Gasteiger partial charge is 0.393 e. The molecule has 9 heteroatoms. The molecule has 0 aliphatic rings. The molecular weight excluding hydrogens is 377 g/mol. The number of nitrogens with zero attached hydrogens (tertiary/aromatic N) is 2. The summed E-state index contributed by atoms with van der Waals surface area (Å²) in [6.07, 6.45) is 2.06. The topological polar surface area (TPSA) is 63.8 Å². The first kappa shape index (κ1) is 19.0. The number of halogens is 4. The molecule has 0 unspecified atom stereocenters. The third kappa shape index (κ3) is 4.62. The summed E-state index contributed by atoms with van der Waals surface area (Å²) in [6, 6.07) is 2.26. The van der Waals surface area contributed by atoms with Crippen molar-refractivity contribution in [1.29, 1.82) is 0 Å². The lowest BCUT2D eigenvalue weighted by atomic mass is 10.2. The molecule has 4 nitrogen and oxygen atoms in total. The van der Waals surface area contributed by atoms with Crippen molar-refractivity contribution in [3.8, 4) is 0 Å². The van der Waals surface area contributed by atoms with Gasteiger partial charge >= 0.3 is 0 Å². The van der Waals surface area contributed by atoms with Crippen LogP contribution >= 0.6 is 35.0 Å². The number of benzene rings is 1. The van der Waals surface area contributed by atoms with Crippen LogP contribution in [-0.2, 0) is 6.54 Å². The molecule has 1 heterocycles. The van der Waals surface area contributed by atoms with E-state index in [1.165, 1.54) is 11.8 Å². The maximum Gasteiger partial charge on any atom is 0.191 e. The van der Waals surface area contributed by atoms with E-state index in [0.29, 0.717) is 5.16 Å². The third-order valence-electron chi connectivity index (χ3n) is 3.18. The molecule has 2 aromatic rings. The fourth-order valence-electron chi connectivity index (χ4n) is 1.83. The normalized spacial score (nSPS) is 10.9. The van der Waals surface area contributed by atoms with Crippen molar-refractivity contribution in [2.45, 2.75) is 31.5 Å². The summed E-state index contributed by atoms with van der Waals surface area (Å²) in [5.74, 6) is -0.456. The van der Waals surface area contributed by atoms with Crippen molar-refractivity contribution in [2.75, 3.05) is 16.8 Å². The lowest BCUT2D eigenvalue weighted by molar-refractivity contribution is 0.560. The van der Waals surface area contributed by atoms with Gasteiger partial charge in [0.1, 0.15) is 17.3 Å². The first-order valence-electron chi connectivity index (χ1n) is 7.26. The van der Waals surface area contributed by atoms with E-state index in [1.54, 1.807) is 0 Å². The molecule has 0 bridgehead atoms. The first-order valence-corrected chi connectivity index (χ1v) is 9.00. The zero-order valence-corrected chi connectivity index (χ0v) is 15.2. The van der Waals surface area contributed by atoms with Gasteiger partial charge in [0, 0.05) is 17.9 Å². The van der Waals surface area contributed by atoms with E-state index in [4.69, 9.17) is 28.9 Å². The molecule has 0 radical (unpaired) electrons. The van der Waals surface area contributed by atoms with E-state index in [1.807, 2.05) is 0 Å². The number of aromatic nitrogens is 2. The van der Waals surface area contributed by atoms with Crippen LogP contribution in [0.25, 0.3) is 0 Å². The summed E-state index contributed by atoms with van der Waals surface area (Å²) in [5, 5.41) is 3.19. The van der Waals surface area contributed by atoms with Gasteiger partial charge in [-0.2, -0.15) is 0 Å². The van der Waals surface area contributed by atoms with E-state index >= 15 is 0 Å². The molecular formula is C15H16Cl2F2N4S. The van der Waals surface area contributed by atoms with Gasteiger partial charge in [-0.15, -0.1) is 0 Å². The summed E-state index contributed by atoms with van der Waals surface area (Å²) in [6.45, 7) is 1.91. The minimum atomic E-state index is -0.819. The van der Waals surface area contributed by atoms with Crippen LogP contribution in [-0.4, -0.2) is 15.7 Å². The van der Waals surface area contributed by atoms with Gasteiger partial charge in [-0.3, -0.25) is 0 Å². The molecule has 2 rings (SSSR count). The van der Waals surface area contributed by atoms with E-state index in [-0.39, 0.29) is 33.8 Å². The van der Waals surface area contributed by atoms with E-state index in [0.717, 1.165) is 30.7 Å². The molecule has 0 amide bonds. The van der Waals surface area contributed by atoms with Crippen LogP contribution in [0, 0.1) is 11.6 Å². The molecule has 0 aliphatic heterocycles. The SMILES string of the molecule is CCCCSc1nc(Cl)c(N)c(NCc2c(F)ccc(Cl)c2F)n1. The van der Waals surface area contributed by atoms with Crippen LogP contribution < -0.4 is 11.1 Å². The van der Waals surface area contributed by atoms with Gasteiger partial charge in [0.05, 0.1) is 5.02 Å². The number of nitrogens with one attached hydrogen (secondary N) is 1. The number of hydrogen-bond donors (Lipinski definition) is 2. The predicted molar refractivity (Wildman–Crippen MR) is 95.8 cm³/mol. The Balaban J connectivity index is 2.19. The van der Waals surface area contributed by atoms with Crippen molar-refractivity contribution in [3.05, 3.63) is 39.5 Å². The third-order valence-corrected chi connectivity index (χ3v) is 4.69. The Hall–Kier alpha value is -1.31.